The predicted octanol–water partition coefficient (Wildman–Crippen LogP) is 2.44. The molecule has 1 aliphatic rings. The van der Waals surface area contributed by atoms with Gasteiger partial charge in [-0.1, -0.05) is 44.2 Å². The summed E-state index contributed by atoms with van der Waals surface area (Å²) in [6.45, 7) is -0.274. The van der Waals surface area contributed by atoms with E-state index in [2.05, 4.69) is 4.72 Å². The first-order valence-corrected chi connectivity index (χ1v) is 8.89. The minimum Gasteiger partial charge on any atom is -0.395 e. The lowest BCUT2D eigenvalue weighted by atomic mass is 9.85. The quantitative estimate of drug-likeness (QED) is 0.847. The Hall–Kier alpha value is -0.980. The number of hydrogen-bond acceptors (Lipinski definition) is 3. The molecule has 2 rings (SSSR count). The van der Waals surface area contributed by atoms with E-state index < -0.39 is 21.9 Å². The Labute approximate surface area is 125 Å². The standard InChI is InChI=1S/C15H22FNO3S/c16-14-8-4-5-9-15(14)21(19,20)17-13(11-18)10-12-6-2-1-3-7-12/h4-5,8-9,12-13,17-18H,1-3,6-7,10-11H2. The van der Waals surface area contributed by atoms with Crippen LogP contribution in [0.15, 0.2) is 29.2 Å². The van der Waals surface area contributed by atoms with Crippen molar-refractivity contribution >= 4 is 10.0 Å². The molecule has 4 nitrogen and oxygen atoms in total. The van der Waals surface area contributed by atoms with Crippen LogP contribution in [0.2, 0.25) is 0 Å². The van der Waals surface area contributed by atoms with Crippen LogP contribution in [0.25, 0.3) is 0 Å². The highest BCUT2D eigenvalue weighted by atomic mass is 32.2. The minimum absolute atomic E-state index is 0.274. The molecule has 21 heavy (non-hydrogen) atoms. The van der Waals surface area contributed by atoms with Crippen molar-refractivity contribution in [1.29, 1.82) is 0 Å². The zero-order valence-electron chi connectivity index (χ0n) is 12.0. The van der Waals surface area contributed by atoms with Crippen LogP contribution in [-0.2, 0) is 10.0 Å². The first kappa shape index (κ1) is 16.4. The van der Waals surface area contributed by atoms with E-state index in [9.17, 15) is 17.9 Å². The molecule has 1 aliphatic carbocycles. The number of hydrogen-bond donors (Lipinski definition) is 2. The van der Waals surface area contributed by atoms with Crippen LogP contribution in [-0.4, -0.2) is 26.2 Å². The van der Waals surface area contributed by atoms with Gasteiger partial charge in [0, 0.05) is 6.04 Å². The molecule has 0 aromatic heterocycles. The van der Waals surface area contributed by atoms with Gasteiger partial charge in [-0.15, -0.1) is 0 Å². The highest BCUT2D eigenvalue weighted by molar-refractivity contribution is 7.89. The first-order valence-electron chi connectivity index (χ1n) is 7.40. The van der Waals surface area contributed by atoms with Crippen LogP contribution in [0, 0.1) is 11.7 Å². The molecule has 0 spiro atoms. The molecule has 118 valence electrons. The number of halogens is 1. The maximum absolute atomic E-state index is 13.6. The van der Waals surface area contributed by atoms with Crippen molar-refractivity contribution in [2.45, 2.75) is 49.5 Å². The molecule has 1 aromatic rings. The molecule has 1 fully saturated rings. The second kappa shape index (κ2) is 7.33. The Kier molecular flexibility index (Phi) is 5.72. The molecule has 1 atom stereocenters. The Bertz CT molecular complexity index is 556. The number of benzene rings is 1. The summed E-state index contributed by atoms with van der Waals surface area (Å²) >= 11 is 0. The van der Waals surface area contributed by atoms with Gasteiger partial charge in [0.05, 0.1) is 6.61 Å². The average Bonchev–Trinajstić information content (AvgIpc) is 2.47. The fraction of sp³-hybridized carbons (Fsp3) is 0.600. The van der Waals surface area contributed by atoms with Crippen molar-refractivity contribution in [2.24, 2.45) is 5.92 Å². The van der Waals surface area contributed by atoms with Crippen molar-refractivity contribution in [3.05, 3.63) is 30.1 Å². The summed E-state index contributed by atoms with van der Waals surface area (Å²) in [6, 6.07) is 4.71. The third-order valence-corrected chi connectivity index (χ3v) is 5.56. The molecule has 0 heterocycles. The summed E-state index contributed by atoms with van der Waals surface area (Å²) in [6.07, 6.45) is 6.27. The number of aliphatic hydroxyl groups excluding tert-OH is 1. The smallest absolute Gasteiger partial charge is 0.243 e. The lowest BCUT2D eigenvalue weighted by molar-refractivity contribution is 0.218. The fourth-order valence-corrected chi connectivity index (χ4v) is 4.25. The van der Waals surface area contributed by atoms with Crippen molar-refractivity contribution < 1.29 is 17.9 Å². The lowest BCUT2D eigenvalue weighted by Crippen LogP contribution is -2.39. The number of aliphatic hydroxyl groups is 1. The maximum atomic E-state index is 13.6. The van der Waals surface area contributed by atoms with Crippen LogP contribution >= 0.6 is 0 Å². The molecule has 2 N–H and O–H groups in total. The van der Waals surface area contributed by atoms with Gasteiger partial charge < -0.3 is 5.11 Å². The van der Waals surface area contributed by atoms with Gasteiger partial charge in [-0.25, -0.2) is 17.5 Å². The Morgan fingerprint density at radius 2 is 1.90 bits per heavy atom. The Morgan fingerprint density at radius 3 is 2.52 bits per heavy atom. The van der Waals surface area contributed by atoms with Crippen molar-refractivity contribution in [3.8, 4) is 0 Å². The number of sulfonamides is 1. The summed E-state index contributed by atoms with van der Waals surface area (Å²) in [7, 11) is -3.94. The second-order valence-electron chi connectivity index (χ2n) is 5.67. The van der Waals surface area contributed by atoms with E-state index in [0.29, 0.717) is 12.3 Å². The molecule has 1 unspecified atom stereocenters. The van der Waals surface area contributed by atoms with Crippen LogP contribution < -0.4 is 4.72 Å². The predicted molar refractivity (Wildman–Crippen MR) is 78.8 cm³/mol. The Morgan fingerprint density at radius 1 is 1.24 bits per heavy atom. The summed E-state index contributed by atoms with van der Waals surface area (Å²) < 4.78 is 40.4. The number of rotatable bonds is 6. The van der Waals surface area contributed by atoms with Crippen LogP contribution in [0.4, 0.5) is 4.39 Å². The van der Waals surface area contributed by atoms with Gasteiger partial charge in [0.2, 0.25) is 10.0 Å². The molecule has 0 aliphatic heterocycles. The van der Waals surface area contributed by atoms with E-state index in [1.165, 1.54) is 24.6 Å². The molecule has 1 saturated carbocycles. The molecule has 1 aromatic carbocycles. The van der Waals surface area contributed by atoms with E-state index in [0.717, 1.165) is 31.7 Å². The monoisotopic (exact) mass is 315 g/mol. The van der Waals surface area contributed by atoms with Gasteiger partial charge in [-0.2, -0.15) is 0 Å². The van der Waals surface area contributed by atoms with Crippen LogP contribution in [0.1, 0.15) is 38.5 Å². The van der Waals surface area contributed by atoms with Crippen molar-refractivity contribution in [1.82, 2.24) is 4.72 Å². The van der Waals surface area contributed by atoms with Gasteiger partial charge in [0.15, 0.2) is 0 Å². The summed E-state index contributed by atoms with van der Waals surface area (Å²) in [4.78, 5) is -0.368. The van der Waals surface area contributed by atoms with Gasteiger partial charge in [0.25, 0.3) is 0 Å². The normalized spacial score (nSPS) is 18.6. The van der Waals surface area contributed by atoms with Gasteiger partial charge in [0.1, 0.15) is 10.7 Å². The van der Waals surface area contributed by atoms with Crippen molar-refractivity contribution in [2.75, 3.05) is 6.61 Å². The molecule has 0 saturated heterocycles. The zero-order valence-corrected chi connectivity index (χ0v) is 12.8. The van der Waals surface area contributed by atoms with E-state index in [-0.39, 0.29) is 11.5 Å². The van der Waals surface area contributed by atoms with Crippen LogP contribution in [0.3, 0.4) is 0 Å². The van der Waals surface area contributed by atoms with E-state index in [1.54, 1.807) is 0 Å². The summed E-state index contributed by atoms with van der Waals surface area (Å²) in [5.41, 5.74) is 0. The average molecular weight is 315 g/mol. The van der Waals surface area contributed by atoms with Crippen molar-refractivity contribution in [3.63, 3.8) is 0 Å². The van der Waals surface area contributed by atoms with Crippen LogP contribution in [0.5, 0.6) is 0 Å². The molecule has 6 heteroatoms. The molecule has 0 bridgehead atoms. The minimum atomic E-state index is -3.94. The third-order valence-electron chi connectivity index (χ3n) is 4.01. The molecular formula is C15H22FNO3S. The van der Waals surface area contributed by atoms with E-state index >= 15 is 0 Å². The highest BCUT2D eigenvalue weighted by Gasteiger charge is 2.25. The molecule has 0 radical (unpaired) electrons. The van der Waals surface area contributed by atoms with Gasteiger partial charge >= 0.3 is 0 Å². The second-order valence-corrected chi connectivity index (χ2v) is 7.35. The van der Waals surface area contributed by atoms with Gasteiger partial charge in [-0.3, -0.25) is 0 Å². The highest BCUT2D eigenvalue weighted by Crippen LogP contribution is 2.27. The zero-order chi connectivity index (χ0) is 15.3. The first-order chi connectivity index (χ1) is 10.0. The van der Waals surface area contributed by atoms with Gasteiger partial charge in [-0.05, 0) is 24.5 Å². The molecular weight excluding hydrogens is 293 g/mol. The summed E-state index contributed by atoms with van der Waals surface area (Å²) in [5, 5.41) is 9.42. The summed E-state index contributed by atoms with van der Waals surface area (Å²) in [5.74, 6) is -0.349. The number of nitrogens with one attached hydrogen (secondary N) is 1. The lowest BCUT2D eigenvalue weighted by Gasteiger charge is -2.26. The molecule has 0 amide bonds. The topological polar surface area (TPSA) is 66.4 Å². The Balaban J connectivity index is 2.04. The fourth-order valence-electron chi connectivity index (χ4n) is 2.93. The maximum Gasteiger partial charge on any atom is 0.243 e. The SMILES string of the molecule is O=S(=O)(NC(CO)CC1CCCCC1)c1ccccc1F. The van der Waals surface area contributed by atoms with E-state index in [1.807, 2.05) is 0 Å². The largest absolute Gasteiger partial charge is 0.395 e. The third kappa shape index (κ3) is 4.49. The van der Waals surface area contributed by atoms with E-state index in [4.69, 9.17) is 0 Å².